The van der Waals surface area contributed by atoms with Crippen molar-refractivity contribution in [1.29, 1.82) is 0 Å². The summed E-state index contributed by atoms with van der Waals surface area (Å²) in [5.74, 6) is 0.738. The first kappa shape index (κ1) is 14.4. The van der Waals surface area contributed by atoms with Gasteiger partial charge in [-0.1, -0.05) is 42.5 Å². The van der Waals surface area contributed by atoms with Gasteiger partial charge in [0.05, 0.1) is 6.26 Å². The van der Waals surface area contributed by atoms with Crippen LogP contribution in [0, 0.1) is 0 Å². The Morgan fingerprint density at radius 1 is 0.818 bits per heavy atom. The molecule has 2 aliphatic heterocycles. The minimum atomic E-state index is -0.795. The molecule has 22 heavy (non-hydrogen) atoms. The SMILES string of the molecule is OC1C=Cc2ccccc2O1.OC1OC=Cc2ccccc21. The van der Waals surface area contributed by atoms with Gasteiger partial charge in [0.25, 0.3) is 0 Å². The van der Waals surface area contributed by atoms with E-state index < -0.39 is 12.6 Å². The number of rotatable bonds is 0. The zero-order chi connectivity index (χ0) is 15.4. The molecule has 2 heterocycles. The van der Waals surface area contributed by atoms with Gasteiger partial charge in [0.15, 0.2) is 0 Å². The summed E-state index contributed by atoms with van der Waals surface area (Å²) in [4.78, 5) is 0. The summed E-state index contributed by atoms with van der Waals surface area (Å²) in [6, 6.07) is 15.2. The molecular formula is C18H16O4. The van der Waals surface area contributed by atoms with Gasteiger partial charge in [0.1, 0.15) is 5.75 Å². The number of para-hydroxylation sites is 1. The number of benzene rings is 2. The molecule has 0 fully saturated rings. The molecule has 2 N–H and O–H groups in total. The maximum Gasteiger partial charge on any atom is 0.223 e. The number of aliphatic hydroxyl groups is 2. The molecule has 0 radical (unpaired) electrons. The average molecular weight is 296 g/mol. The molecule has 2 aromatic carbocycles. The standard InChI is InChI=1S/2C9H8O2/c10-9-8-4-2-1-3-7(8)5-6-11-9;10-9-6-5-7-3-1-2-4-8(7)11-9/h2*1-6,9-10H. The van der Waals surface area contributed by atoms with Crippen LogP contribution in [0.15, 0.2) is 60.9 Å². The summed E-state index contributed by atoms with van der Waals surface area (Å²) in [5, 5.41) is 18.3. The molecule has 2 atom stereocenters. The summed E-state index contributed by atoms with van der Waals surface area (Å²) < 4.78 is 9.98. The predicted octanol–water partition coefficient (Wildman–Crippen LogP) is 3.09. The third kappa shape index (κ3) is 3.19. The Hall–Kier alpha value is -2.56. The molecule has 4 rings (SSSR count). The first-order valence-electron chi connectivity index (χ1n) is 6.95. The van der Waals surface area contributed by atoms with E-state index in [1.165, 1.54) is 6.26 Å². The first-order valence-corrected chi connectivity index (χ1v) is 6.95. The molecule has 0 aromatic heterocycles. The Balaban J connectivity index is 0.000000131. The molecule has 112 valence electrons. The number of ether oxygens (including phenoxy) is 2. The minimum Gasteiger partial charge on any atom is -0.468 e. The van der Waals surface area contributed by atoms with Crippen molar-refractivity contribution in [1.82, 2.24) is 0 Å². The number of hydrogen-bond acceptors (Lipinski definition) is 4. The van der Waals surface area contributed by atoms with Crippen molar-refractivity contribution in [3.63, 3.8) is 0 Å². The highest BCUT2D eigenvalue weighted by atomic mass is 16.6. The van der Waals surface area contributed by atoms with E-state index in [9.17, 15) is 5.11 Å². The Morgan fingerprint density at radius 3 is 2.36 bits per heavy atom. The molecule has 0 amide bonds. The summed E-state index contributed by atoms with van der Waals surface area (Å²) >= 11 is 0. The Labute approximate surface area is 128 Å². The summed E-state index contributed by atoms with van der Waals surface area (Å²) in [6.07, 6.45) is 5.22. The highest BCUT2D eigenvalue weighted by Gasteiger charge is 2.13. The molecule has 4 nitrogen and oxygen atoms in total. The summed E-state index contributed by atoms with van der Waals surface area (Å²) in [6.45, 7) is 0. The van der Waals surface area contributed by atoms with E-state index in [1.807, 2.05) is 60.7 Å². The molecule has 0 spiro atoms. The van der Waals surface area contributed by atoms with Crippen LogP contribution < -0.4 is 4.74 Å². The van der Waals surface area contributed by atoms with Crippen LogP contribution in [-0.2, 0) is 4.74 Å². The third-order valence-corrected chi connectivity index (χ3v) is 3.32. The van der Waals surface area contributed by atoms with Gasteiger partial charge < -0.3 is 19.7 Å². The number of aliphatic hydroxyl groups excluding tert-OH is 2. The number of hydrogen-bond donors (Lipinski definition) is 2. The lowest BCUT2D eigenvalue weighted by Crippen LogP contribution is -2.15. The van der Waals surface area contributed by atoms with Crippen LogP contribution in [0.3, 0.4) is 0 Å². The highest BCUT2D eigenvalue weighted by Crippen LogP contribution is 2.25. The monoisotopic (exact) mass is 296 g/mol. The maximum atomic E-state index is 9.29. The summed E-state index contributed by atoms with van der Waals surface area (Å²) in [7, 11) is 0. The van der Waals surface area contributed by atoms with Crippen LogP contribution in [0.2, 0.25) is 0 Å². The largest absolute Gasteiger partial charge is 0.468 e. The van der Waals surface area contributed by atoms with Crippen LogP contribution in [0.25, 0.3) is 12.2 Å². The van der Waals surface area contributed by atoms with Crippen molar-refractivity contribution < 1.29 is 19.7 Å². The molecule has 0 bridgehead atoms. The van der Waals surface area contributed by atoms with Gasteiger partial charge in [0.2, 0.25) is 12.6 Å². The molecule has 0 saturated carbocycles. The van der Waals surface area contributed by atoms with Crippen molar-refractivity contribution in [3.8, 4) is 5.75 Å². The van der Waals surface area contributed by atoms with E-state index in [0.717, 1.165) is 22.4 Å². The van der Waals surface area contributed by atoms with E-state index >= 15 is 0 Å². The van der Waals surface area contributed by atoms with Crippen LogP contribution in [-0.4, -0.2) is 16.5 Å². The zero-order valence-electron chi connectivity index (χ0n) is 11.8. The van der Waals surface area contributed by atoms with Crippen molar-refractivity contribution in [3.05, 3.63) is 77.6 Å². The molecule has 0 aliphatic carbocycles. The van der Waals surface area contributed by atoms with Crippen molar-refractivity contribution >= 4 is 12.2 Å². The fourth-order valence-electron chi connectivity index (χ4n) is 2.23. The molecule has 2 aliphatic rings. The normalized spacial score (nSPS) is 20.6. The lowest BCUT2D eigenvalue weighted by molar-refractivity contribution is -0.0554. The van der Waals surface area contributed by atoms with Crippen LogP contribution in [0.4, 0.5) is 0 Å². The van der Waals surface area contributed by atoms with Crippen molar-refractivity contribution in [2.75, 3.05) is 0 Å². The second-order valence-corrected chi connectivity index (χ2v) is 4.83. The molecular weight excluding hydrogens is 280 g/mol. The fourth-order valence-corrected chi connectivity index (χ4v) is 2.23. The fraction of sp³-hybridized carbons (Fsp3) is 0.111. The maximum absolute atomic E-state index is 9.29. The minimum absolute atomic E-state index is 0.738. The van der Waals surface area contributed by atoms with Crippen LogP contribution in [0.5, 0.6) is 5.75 Å². The van der Waals surface area contributed by atoms with Gasteiger partial charge in [-0.05, 0) is 29.9 Å². The van der Waals surface area contributed by atoms with E-state index in [-0.39, 0.29) is 0 Å². The van der Waals surface area contributed by atoms with Crippen molar-refractivity contribution in [2.45, 2.75) is 12.6 Å². The van der Waals surface area contributed by atoms with Crippen molar-refractivity contribution in [2.24, 2.45) is 0 Å². The molecule has 4 heteroatoms. The van der Waals surface area contributed by atoms with Gasteiger partial charge in [-0.2, -0.15) is 0 Å². The van der Waals surface area contributed by atoms with E-state index in [2.05, 4.69) is 0 Å². The summed E-state index contributed by atoms with van der Waals surface area (Å²) in [5.41, 5.74) is 2.86. The van der Waals surface area contributed by atoms with Gasteiger partial charge in [-0.15, -0.1) is 0 Å². The zero-order valence-corrected chi connectivity index (χ0v) is 11.8. The molecule has 0 saturated heterocycles. The Kier molecular flexibility index (Phi) is 4.23. The predicted molar refractivity (Wildman–Crippen MR) is 83.6 cm³/mol. The smallest absolute Gasteiger partial charge is 0.223 e. The van der Waals surface area contributed by atoms with Crippen LogP contribution in [0.1, 0.15) is 23.0 Å². The average Bonchev–Trinajstić information content (AvgIpc) is 2.56. The highest BCUT2D eigenvalue weighted by molar-refractivity contribution is 5.59. The van der Waals surface area contributed by atoms with E-state index in [0.29, 0.717) is 0 Å². The Morgan fingerprint density at radius 2 is 1.55 bits per heavy atom. The van der Waals surface area contributed by atoms with E-state index in [4.69, 9.17) is 14.6 Å². The van der Waals surface area contributed by atoms with Gasteiger partial charge in [-0.25, -0.2) is 0 Å². The van der Waals surface area contributed by atoms with Gasteiger partial charge >= 0.3 is 0 Å². The third-order valence-electron chi connectivity index (χ3n) is 3.32. The number of fused-ring (bicyclic) bond motifs is 2. The molecule has 2 unspecified atom stereocenters. The quantitative estimate of drug-likeness (QED) is 0.784. The second kappa shape index (κ2) is 6.47. The van der Waals surface area contributed by atoms with E-state index in [1.54, 1.807) is 6.08 Å². The first-order chi connectivity index (χ1) is 10.7. The lowest BCUT2D eigenvalue weighted by atomic mass is 10.1. The Bertz CT molecular complexity index is 706. The molecule has 2 aromatic rings. The van der Waals surface area contributed by atoms with Gasteiger partial charge in [-0.3, -0.25) is 0 Å². The topological polar surface area (TPSA) is 58.9 Å². The van der Waals surface area contributed by atoms with Crippen LogP contribution >= 0.6 is 0 Å². The second-order valence-electron chi connectivity index (χ2n) is 4.83. The lowest BCUT2D eigenvalue weighted by Gasteiger charge is -2.16. The van der Waals surface area contributed by atoms with Gasteiger partial charge in [0, 0.05) is 11.1 Å².